The van der Waals surface area contributed by atoms with E-state index in [2.05, 4.69) is 4.98 Å². The van der Waals surface area contributed by atoms with Crippen LogP contribution in [0.25, 0.3) is 0 Å². The van der Waals surface area contributed by atoms with Crippen molar-refractivity contribution in [2.45, 2.75) is 39.2 Å². The minimum atomic E-state index is -0.00865. The van der Waals surface area contributed by atoms with E-state index in [1.165, 1.54) is 0 Å². The van der Waals surface area contributed by atoms with E-state index in [9.17, 15) is 9.59 Å². The molecule has 1 aliphatic heterocycles. The van der Waals surface area contributed by atoms with Gasteiger partial charge in [0, 0.05) is 18.4 Å². The molecule has 1 amide bonds. The lowest BCUT2D eigenvalue weighted by Gasteiger charge is -2.35. The lowest BCUT2D eigenvalue weighted by Crippen LogP contribution is -2.46. The maximum atomic E-state index is 12.9. The second kappa shape index (κ2) is 8.13. The van der Waals surface area contributed by atoms with Gasteiger partial charge in [-0.15, -0.1) is 0 Å². The smallest absolute Gasteiger partial charge is 0.255 e. The lowest BCUT2D eigenvalue weighted by molar-refractivity contribution is 0.0526. The van der Waals surface area contributed by atoms with Gasteiger partial charge in [-0.2, -0.15) is 0 Å². The SMILES string of the molecule is Cc1ccc(C(=O)N2CCCC[C@H]2COc2cccc(C)c2C=O)cn1. The van der Waals surface area contributed by atoms with Crippen LogP contribution in [0.4, 0.5) is 0 Å². The summed E-state index contributed by atoms with van der Waals surface area (Å²) in [5, 5.41) is 0. The number of aromatic nitrogens is 1. The van der Waals surface area contributed by atoms with E-state index in [1.54, 1.807) is 12.3 Å². The molecule has 0 unspecified atom stereocenters. The van der Waals surface area contributed by atoms with Gasteiger partial charge in [0.05, 0.1) is 17.2 Å². The van der Waals surface area contributed by atoms with Crippen molar-refractivity contribution in [1.29, 1.82) is 0 Å². The van der Waals surface area contributed by atoms with E-state index in [1.807, 2.05) is 43.0 Å². The number of rotatable bonds is 5. The van der Waals surface area contributed by atoms with Crippen LogP contribution in [-0.4, -0.2) is 41.3 Å². The fourth-order valence-corrected chi connectivity index (χ4v) is 3.32. The molecule has 136 valence electrons. The molecule has 1 aromatic heterocycles. The first kappa shape index (κ1) is 18.1. The predicted molar refractivity (Wildman–Crippen MR) is 99.7 cm³/mol. The summed E-state index contributed by atoms with van der Waals surface area (Å²) in [7, 11) is 0. The summed E-state index contributed by atoms with van der Waals surface area (Å²) in [5.41, 5.74) is 2.95. The summed E-state index contributed by atoms with van der Waals surface area (Å²) in [4.78, 5) is 30.3. The van der Waals surface area contributed by atoms with Gasteiger partial charge >= 0.3 is 0 Å². The Labute approximate surface area is 154 Å². The van der Waals surface area contributed by atoms with Gasteiger partial charge in [-0.3, -0.25) is 14.6 Å². The van der Waals surface area contributed by atoms with Crippen LogP contribution in [0.15, 0.2) is 36.5 Å². The number of hydrogen-bond donors (Lipinski definition) is 0. The molecule has 0 N–H and O–H groups in total. The first-order valence-electron chi connectivity index (χ1n) is 9.01. The monoisotopic (exact) mass is 352 g/mol. The second-order valence-electron chi connectivity index (χ2n) is 6.75. The molecule has 5 nitrogen and oxygen atoms in total. The number of amides is 1. The van der Waals surface area contributed by atoms with Crippen LogP contribution in [0.3, 0.4) is 0 Å². The maximum Gasteiger partial charge on any atom is 0.255 e. The summed E-state index contributed by atoms with van der Waals surface area (Å²) < 4.78 is 5.94. The maximum absolute atomic E-state index is 12.9. The van der Waals surface area contributed by atoms with Gasteiger partial charge in [-0.25, -0.2) is 0 Å². The molecule has 3 rings (SSSR count). The highest BCUT2D eigenvalue weighted by atomic mass is 16.5. The number of likely N-dealkylation sites (tertiary alicyclic amines) is 1. The molecule has 26 heavy (non-hydrogen) atoms. The van der Waals surface area contributed by atoms with Crippen molar-refractivity contribution in [3.05, 3.63) is 58.9 Å². The number of ether oxygens (including phenoxy) is 1. The lowest BCUT2D eigenvalue weighted by atomic mass is 10.0. The van der Waals surface area contributed by atoms with Gasteiger partial charge in [-0.05, 0) is 56.9 Å². The topological polar surface area (TPSA) is 59.5 Å². The molecule has 0 spiro atoms. The summed E-state index contributed by atoms with van der Waals surface area (Å²) in [6.07, 6.45) is 5.42. The fourth-order valence-electron chi connectivity index (χ4n) is 3.32. The van der Waals surface area contributed by atoms with E-state index < -0.39 is 0 Å². The Kier molecular flexibility index (Phi) is 5.66. The number of piperidine rings is 1. The number of aldehydes is 1. The third kappa shape index (κ3) is 3.93. The Bertz CT molecular complexity index is 786. The summed E-state index contributed by atoms with van der Waals surface area (Å²) >= 11 is 0. The number of carbonyl (C=O) groups excluding carboxylic acids is 2. The molecular formula is C21H24N2O3. The van der Waals surface area contributed by atoms with Crippen molar-refractivity contribution in [2.75, 3.05) is 13.2 Å². The Morgan fingerprint density at radius 1 is 1.27 bits per heavy atom. The Balaban J connectivity index is 1.73. The van der Waals surface area contributed by atoms with Gasteiger partial charge in [0.25, 0.3) is 5.91 Å². The van der Waals surface area contributed by atoms with Crippen LogP contribution in [0.5, 0.6) is 5.75 Å². The highest BCUT2D eigenvalue weighted by Crippen LogP contribution is 2.24. The zero-order valence-electron chi connectivity index (χ0n) is 15.3. The summed E-state index contributed by atoms with van der Waals surface area (Å²) in [5.74, 6) is 0.570. The summed E-state index contributed by atoms with van der Waals surface area (Å²) in [6.45, 7) is 4.89. The van der Waals surface area contributed by atoms with Crippen molar-refractivity contribution < 1.29 is 14.3 Å². The van der Waals surface area contributed by atoms with Crippen LogP contribution in [0.1, 0.15) is 51.2 Å². The minimum absolute atomic E-state index is 0.00225. The van der Waals surface area contributed by atoms with Crippen molar-refractivity contribution in [3.63, 3.8) is 0 Å². The van der Waals surface area contributed by atoms with Crippen LogP contribution in [0, 0.1) is 13.8 Å². The van der Waals surface area contributed by atoms with E-state index in [0.717, 1.165) is 43.4 Å². The molecule has 1 fully saturated rings. The van der Waals surface area contributed by atoms with Gasteiger partial charge in [0.15, 0.2) is 6.29 Å². The molecule has 1 atom stereocenters. The molecule has 0 bridgehead atoms. The van der Waals surface area contributed by atoms with Gasteiger partial charge in [0.2, 0.25) is 0 Å². The minimum Gasteiger partial charge on any atom is -0.491 e. The largest absolute Gasteiger partial charge is 0.491 e. The van der Waals surface area contributed by atoms with Crippen LogP contribution >= 0.6 is 0 Å². The van der Waals surface area contributed by atoms with Gasteiger partial charge < -0.3 is 9.64 Å². The average Bonchev–Trinajstić information content (AvgIpc) is 2.66. The van der Waals surface area contributed by atoms with Crippen molar-refractivity contribution in [1.82, 2.24) is 9.88 Å². The highest BCUT2D eigenvalue weighted by Gasteiger charge is 2.28. The number of nitrogens with zero attached hydrogens (tertiary/aromatic N) is 2. The molecule has 0 radical (unpaired) electrons. The molecule has 2 aromatic rings. The third-order valence-corrected chi connectivity index (χ3v) is 4.88. The van der Waals surface area contributed by atoms with Crippen molar-refractivity contribution in [2.24, 2.45) is 0 Å². The third-order valence-electron chi connectivity index (χ3n) is 4.88. The van der Waals surface area contributed by atoms with Crippen LogP contribution in [0.2, 0.25) is 0 Å². The molecule has 2 heterocycles. The molecular weight excluding hydrogens is 328 g/mol. The molecule has 5 heteroatoms. The standard InChI is InChI=1S/C21H24N2O3/c1-15-6-5-8-20(19(15)13-24)26-14-18-7-3-4-11-23(18)21(25)17-10-9-16(2)22-12-17/h5-6,8-10,12-13,18H,3-4,7,11,14H2,1-2H3/t18-/m0/s1. The normalized spacial score (nSPS) is 17.0. The first-order valence-corrected chi connectivity index (χ1v) is 9.01. The van der Waals surface area contributed by atoms with Crippen molar-refractivity contribution in [3.8, 4) is 5.75 Å². The average molecular weight is 352 g/mol. The number of benzene rings is 1. The van der Waals surface area contributed by atoms with E-state index in [-0.39, 0.29) is 11.9 Å². The molecule has 0 aliphatic carbocycles. The second-order valence-corrected chi connectivity index (χ2v) is 6.75. The zero-order valence-corrected chi connectivity index (χ0v) is 15.3. The summed E-state index contributed by atoms with van der Waals surface area (Å²) in [6, 6.07) is 9.23. The van der Waals surface area contributed by atoms with Crippen molar-refractivity contribution >= 4 is 12.2 Å². The number of aryl methyl sites for hydroxylation is 2. The number of carbonyl (C=O) groups is 2. The van der Waals surface area contributed by atoms with Crippen LogP contribution < -0.4 is 4.74 Å². The number of hydrogen-bond acceptors (Lipinski definition) is 4. The Morgan fingerprint density at radius 2 is 2.12 bits per heavy atom. The fraction of sp³-hybridized carbons (Fsp3) is 0.381. The highest BCUT2D eigenvalue weighted by molar-refractivity contribution is 5.94. The molecule has 1 saturated heterocycles. The quantitative estimate of drug-likeness (QED) is 0.772. The van der Waals surface area contributed by atoms with E-state index in [4.69, 9.17) is 4.74 Å². The van der Waals surface area contributed by atoms with Gasteiger partial charge in [-0.1, -0.05) is 12.1 Å². The molecule has 0 saturated carbocycles. The van der Waals surface area contributed by atoms with E-state index in [0.29, 0.717) is 23.5 Å². The first-order chi connectivity index (χ1) is 12.6. The Morgan fingerprint density at radius 3 is 2.85 bits per heavy atom. The molecule has 1 aromatic carbocycles. The van der Waals surface area contributed by atoms with E-state index >= 15 is 0 Å². The zero-order chi connectivity index (χ0) is 18.5. The van der Waals surface area contributed by atoms with Gasteiger partial charge in [0.1, 0.15) is 12.4 Å². The van der Waals surface area contributed by atoms with Crippen LogP contribution in [-0.2, 0) is 0 Å². The Hall–Kier alpha value is -2.69. The predicted octanol–water partition coefficient (Wildman–Crippen LogP) is 3.58. The molecule has 1 aliphatic rings. The number of pyridine rings is 1.